The van der Waals surface area contributed by atoms with E-state index in [0.29, 0.717) is 11.6 Å². The van der Waals surface area contributed by atoms with E-state index in [0.717, 1.165) is 33.6 Å². The van der Waals surface area contributed by atoms with E-state index >= 15 is 0 Å². The highest BCUT2D eigenvalue weighted by atomic mass is 16.6. The van der Waals surface area contributed by atoms with Crippen LogP contribution < -0.4 is 10.6 Å². The number of benzene rings is 3. The Balaban J connectivity index is 1.37. The van der Waals surface area contributed by atoms with Gasteiger partial charge in [-0.05, 0) is 68.3 Å². The first kappa shape index (κ1) is 25.4. The van der Waals surface area contributed by atoms with Crippen LogP contribution in [0.4, 0.5) is 27.8 Å². The molecular formula is C29H26N6O4. The molecule has 0 radical (unpaired) electrons. The number of ether oxygens (including phenoxy) is 1. The van der Waals surface area contributed by atoms with Crippen molar-refractivity contribution in [1.82, 2.24) is 14.6 Å². The zero-order chi connectivity index (χ0) is 27.6. The molecule has 0 spiro atoms. The van der Waals surface area contributed by atoms with Crippen LogP contribution in [0, 0.1) is 10.1 Å². The molecule has 2 heterocycles. The molecule has 2 N–H and O–H groups in total. The van der Waals surface area contributed by atoms with Gasteiger partial charge in [0.2, 0.25) is 5.95 Å². The number of nitro groups is 1. The molecule has 0 unspecified atom stereocenters. The summed E-state index contributed by atoms with van der Waals surface area (Å²) in [6.07, 6.45) is 1.18. The highest BCUT2D eigenvalue weighted by Gasteiger charge is 2.16. The van der Waals surface area contributed by atoms with E-state index in [1.807, 2.05) is 75.4 Å². The van der Waals surface area contributed by atoms with Gasteiger partial charge in [0.05, 0.1) is 22.3 Å². The summed E-state index contributed by atoms with van der Waals surface area (Å²) in [7, 11) is 0. The van der Waals surface area contributed by atoms with Gasteiger partial charge in [-0.2, -0.15) is 5.10 Å². The Kier molecular flexibility index (Phi) is 6.68. The van der Waals surface area contributed by atoms with Gasteiger partial charge in [-0.15, -0.1) is 0 Å². The maximum Gasteiger partial charge on any atom is 0.412 e. The monoisotopic (exact) mass is 522 g/mol. The van der Waals surface area contributed by atoms with Crippen molar-refractivity contribution in [3.05, 3.63) is 101 Å². The number of amides is 1. The Morgan fingerprint density at radius 1 is 0.897 bits per heavy atom. The number of nitrogens with one attached hydrogen (secondary N) is 2. The summed E-state index contributed by atoms with van der Waals surface area (Å²) >= 11 is 0. The van der Waals surface area contributed by atoms with Crippen molar-refractivity contribution >= 4 is 34.6 Å². The molecule has 0 aliphatic heterocycles. The highest BCUT2D eigenvalue weighted by molar-refractivity contribution is 5.85. The molecule has 1 amide bonds. The van der Waals surface area contributed by atoms with Gasteiger partial charge < -0.3 is 10.1 Å². The third kappa shape index (κ3) is 6.02. The number of nitrogens with zero attached hydrogens (tertiary/aromatic N) is 4. The number of fused-ring (bicyclic) bond motifs is 1. The van der Waals surface area contributed by atoms with E-state index < -0.39 is 16.6 Å². The molecule has 0 saturated heterocycles. The normalized spacial score (nSPS) is 11.3. The van der Waals surface area contributed by atoms with Crippen LogP contribution in [-0.2, 0) is 4.74 Å². The fourth-order valence-corrected chi connectivity index (χ4v) is 3.98. The summed E-state index contributed by atoms with van der Waals surface area (Å²) < 4.78 is 7.00. The average molecular weight is 523 g/mol. The molecule has 0 aliphatic carbocycles. The maximum absolute atomic E-state index is 12.0. The SMILES string of the molecule is CC(C)(C)OC(=O)Nc1ccc(Nc2nc(-c3ccc(-c4cccc([N+](=O)[O-])c4)cc3)cc3ccnn23)cc1. The molecule has 3 aromatic carbocycles. The molecule has 0 atom stereocenters. The minimum Gasteiger partial charge on any atom is -0.444 e. The molecule has 0 bridgehead atoms. The second kappa shape index (κ2) is 10.3. The third-order valence-electron chi connectivity index (χ3n) is 5.74. The number of hydrogen-bond acceptors (Lipinski definition) is 7. The summed E-state index contributed by atoms with van der Waals surface area (Å²) in [6.45, 7) is 5.42. The zero-order valence-electron chi connectivity index (χ0n) is 21.6. The molecule has 0 fully saturated rings. The molecular weight excluding hydrogens is 496 g/mol. The number of carbonyl (C=O) groups excluding carboxylic acids is 1. The number of nitro benzene ring substituents is 1. The van der Waals surface area contributed by atoms with Crippen LogP contribution in [0.25, 0.3) is 27.9 Å². The molecule has 10 nitrogen and oxygen atoms in total. The lowest BCUT2D eigenvalue weighted by Crippen LogP contribution is -2.27. The minimum absolute atomic E-state index is 0.0498. The molecule has 0 aliphatic rings. The first-order valence-corrected chi connectivity index (χ1v) is 12.2. The maximum atomic E-state index is 12.0. The number of anilines is 3. The van der Waals surface area contributed by atoms with E-state index in [2.05, 4.69) is 15.7 Å². The van der Waals surface area contributed by atoms with Gasteiger partial charge in [-0.25, -0.2) is 14.3 Å². The summed E-state index contributed by atoms with van der Waals surface area (Å²) in [5.41, 5.74) is 4.93. The molecule has 10 heteroatoms. The Hall–Kier alpha value is -5.25. The summed E-state index contributed by atoms with van der Waals surface area (Å²) in [5.74, 6) is 0.517. The van der Waals surface area contributed by atoms with Gasteiger partial charge in [-0.1, -0.05) is 36.4 Å². The fourth-order valence-electron chi connectivity index (χ4n) is 3.98. The van der Waals surface area contributed by atoms with Crippen LogP contribution >= 0.6 is 0 Å². The zero-order valence-corrected chi connectivity index (χ0v) is 21.6. The van der Waals surface area contributed by atoms with Crippen LogP contribution in [-0.4, -0.2) is 31.2 Å². The van der Waals surface area contributed by atoms with E-state index in [-0.39, 0.29) is 5.69 Å². The van der Waals surface area contributed by atoms with Crippen molar-refractivity contribution in [1.29, 1.82) is 0 Å². The fraction of sp³-hybridized carbons (Fsp3) is 0.138. The first-order valence-electron chi connectivity index (χ1n) is 12.2. The molecule has 5 aromatic rings. The van der Waals surface area contributed by atoms with Crippen molar-refractivity contribution in [3.63, 3.8) is 0 Å². The molecule has 5 rings (SSSR count). The van der Waals surface area contributed by atoms with E-state index in [9.17, 15) is 14.9 Å². The summed E-state index contributed by atoms with van der Waals surface area (Å²) in [4.78, 5) is 27.6. The standard InChI is InChI=1S/C29H26N6O4/c1-29(2,3)39-28(36)32-23-13-11-22(12-14-23)31-27-33-26(18-24-15-16-30-34(24)27)20-9-7-19(8-10-20)21-5-4-6-25(17-21)35(37)38/h4-18H,1-3H3,(H,31,33)(H,32,36). The number of non-ortho nitro benzene ring substituents is 1. The van der Waals surface area contributed by atoms with Gasteiger partial charge in [0.25, 0.3) is 5.69 Å². The lowest BCUT2D eigenvalue weighted by atomic mass is 10.0. The van der Waals surface area contributed by atoms with Gasteiger partial charge in [0, 0.05) is 29.1 Å². The molecule has 196 valence electrons. The third-order valence-corrected chi connectivity index (χ3v) is 5.74. The van der Waals surface area contributed by atoms with Crippen LogP contribution in [0.2, 0.25) is 0 Å². The van der Waals surface area contributed by atoms with Gasteiger partial charge in [0.15, 0.2) is 0 Å². The smallest absolute Gasteiger partial charge is 0.412 e. The largest absolute Gasteiger partial charge is 0.444 e. The minimum atomic E-state index is -0.583. The van der Waals surface area contributed by atoms with Crippen molar-refractivity contribution in [2.75, 3.05) is 10.6 Å². The van der Waals surface area contributed by atoms with Gasteiger partial charge in [0.1, 0.15) is 5.60 Å². The average Bonchev–Trinajstić information content (AvgIpc) is 3.38. The van der Waals surface area contributed by atoms with E-state index in [1.54, 1.807) is 35.0 Å². The highest BCUT2D eigenvalue weighted by Crippen LogP contribution is 2.28. The first-order chi connectivity index (χ1) is 18.6. The van der Waals surface area contributed by atoms with Gasteiger partial charge >= 0.3 is 6.09 Å². The van der Waals surface area contributed by atoms with Crippen molar-refractivity contribution in [2.45, 2.75) is 26.4 Å². The lowest BCUT2D eigenvalue weighted by Gasteiger charge is -2.19. The quantitative estimate of drug-likeness (QED) is 0.181. The van der Waals surface area contributed by atoms with Gasteiger partial charge in [-0.3, -0.25) is 15.4 Å². The van der Waals surface area contributed by atoms with Crippen molar-refractivity contribution in [2.24, 2.45) is 0 Å². The topological polar surface area (TPSA) is 124 Å². The second-order valence-corrected chi connectivity index (χ2v) is 9.85. The second-order valence-electron chi connectivity index (χ2n) is 9.85. The predicted octanol–water partition coefficient (Wildman–Crippen LogP) is 7.06. The van der Waals surface area contributed by atoms with Crippen LogP contribution in [0.3, 0.4) is 0 Å². The number of hydrogen-bond donors (Lipinski definition) is 2. The van der Waals surface area contributed by atoms with E-state index in [4.69, 9.17) is 9.72 Å². The Morgan fingerprint density at radius 3 is 2.28 bits per heavy atom. The summed E-state index contributed by atoms with van der Waals surface area (Å²) in [5, 5.41) is 21.5. The number of carbonyl (C=O) groups is 1. The molecule has 2 aromatic heterocycles. The Morgan fingerprint density at radius 2 is 1.59 bits per heavy atom. The van der Waals surface area contributed by atoms with Crippen molar-refractivity contribution in [3.8, 4) is 22.4 Å². The number of aromatic nitrogens is 3. The van der Waals surface area contributed by atoms with Crippen LogP contribution in [0.1, 0.15) is 20.8 Å². The number of rotatable bonds is 6. The Bertz CT molecular complexity index is 1650. The molecule has 39 heavy (non-hydrogen) atoms. The van der Waals surface area contributed by atoms with Crippen molar-refractivity contribution < 1.29 is 14.5 Å². The van der Waals surface area contributed by atoms with Crippen LogP contribution in [0.5, 0.6) is 0 Å². The summed E-state index contributed by atoms with van der Waals surface area (Å²) in [6, 6.07) is 25.3. The van der Waals surface area contributed by atoms with Crippen LogP contribution in [0.15, 0.2) is 91.1 Å². The lowest BCUT2D eigenvalue weighted by molar-refractivity contribution is -0.384. The van der Waals surface area contributed by atoms with E-state index in [1.165, 1.54) is 6.07 Å². The molecule has 0 saturated carbocycles. The predicted molar refractivity (Wildman–Crippen MR) is 150 cm³/mol. The Labute approximate surface area is 224 Å².